The van der Waals surface area contributed by atoms with E-state index in [0.29, 0.717) is 17.7 Å². The van der Waals surface area contributed by atoms with Crippen LogP contribution in [0.4, 0.5) is 5.69 Å². The van der Waals surface area contributed by atoms with Gasteiger partial charge in [0.2, 0.25) is 0 Å². The number of benzene rings is 1. The van der Waals surface area contributed by atoms with Crippen molar-refractivity contribution >= 4 is 16.7 Å². The van der Waals surface area contributed by atoms with E-state index in [4.69, 9.17) is 4.42 Å². The van der Waals surface area contributed by atoms with Crippen molar-refractivity contribution in [3.63, 3.8) is 0 Å². The van der Waals surface area contributed by atoms with Crippen molar-refractivity contribution in [3.05, 3.63) is 40.8 Å². The Labute approximate surface area is 111 Å². The normalized spacial score (nSPS) is 26.5. The first-order valence-electron chi connectivity index (χ1n) is 6.72. The molecule has 98 valence electrons. The standard InChI is InChI=1S/C15H16N2O2/c1-16-8-12-7-11(16)9-17(12)13-6-10-4-2-3-5-14(10)19-15(13)18/h2-6,11-12H,7-9H2,1H3/t11-,12-/m0/s1. The van der Waals surface area contributed by atoms with Crippen molar-refractivity contribution in [1.82, 2.24) is 4.90 Å². The molecule has 2 bridgehead atoms. The zero-order valence-corrected chi connectivity index (χ0v) is 10.9. The van der Waals surface area contributed by atoms with Gasteiger partial charge in [0.05, 0.1) is 0 Å². The zero-order chi connectivity index (χ0) is 13.0. The van der Waals surface area contributed by atoms with Gasteiger partial charge in [0.1, 0.15) is 11.3 Å². The summed E-state index contributed by atoms with van der Waals surface area (Å²) >= 11 is 0. The van der Waals surface area contributed by atoms with E-state index in [-0.39, 0.29) is 5.63 Å². The van der Waals surface area contributed by atoms with Crippen LogP contribution in [0, 0.1) is 0 Å². The minimum Gasteiger partial charge on any atom is -0.421 e. The average molecular weight is 256 g/mol. The van der Waals surface area contributed by atoms with Crippen LogP contribution in [0.5, 0.6) is 0 Å². The molecule has 0 aliphatic carbocycles. The third-order valence-corrected chi connectivity index (χ3v) is 4.45. The summed E-state index contributed by atoms with van der Waals surface area (Å²) in [6, 6.07) is 10.7. The maximum atomic E-state index is 12.2. The van der Waals surface area contributed by atoms with Crippen molar-refractivity contribution in [2.75, 3.05) is 25.0 Å². The van der Waals surface area contributed by atoms with Gasteiger partial charge in [-0.25, -0.2) is 4.79 Å². The fourth-order valence-corrected chi connectivity index (χ4v) is 3.41. The molecule has 2 aliphatic rings. The van der Waals surface area contributed by atoms with Crippen LogP contribution in [0.1, 0.15) is 6.42 Å². The maximum absolute atomic E-state index is 12.2. The van der Waals surface area contributed by atoms with Crippen molar-refractivity contribution in [3.8, 4) is 0 Å². The van der Waals surface area contributed by atoms with Gasteiger partial charge in [-0.15, -0.1) is 0 Å². The molecular formula is C15H16N2O2. The summed E-state index contributed by atoms with van der Waals surface area (Å²) in [4.78, 5) is 16.8. The molecule has 1 aromatic heterocycles. The summed E-state index contributed by atoms with van der Waals surface area (Å²) in [5.41, 5.74) is 1.17. The minimum atomic E-state index is -0.214. The summed E-state index contributed by atoms with van der Waals surface area (Å²) < 4.78 is 5.43. The Morgan fingerprint density at radius 3 is 2.79 bits per heavy atom. The van der Waals surface area contributed by atoms with Gasteiger partial charge in [-0.1, -0.05) is 18.2 Å². The molecular weight excluding hydrogens is 240 g/mol. The Morgan fingerprint density at radius 2 is 2.05 bits per heavy atom. The molecule has 0 unspecified atom stereocenters. The van der Waals surface area contributed by atoms with Gasteiger partial charge in [-0.05, 0) is 25.6 Å². The molecule has 2 aromatic rings. The molecule has 2 aliphatic heterocycles. The van der Waals surface area contributed by atoms with Gasteiger partial charge in [0, 0.05) is 30.6 Å². The van der Waals surface area contributed by atoms with Crippen LogP contribution in [-0.4, -0.2) is 37.1 Å². The SMILES string of the molecule is CN1C[C@@H]2C[C@H]1CN2c1cc2ccccc2oc1=O. The number of fused-ring (bicyclic) bond motifs is 3. The Bertz CT molecular complexity index is 692. The van der Waals surface area contributed by atoms with E-state index in [1.165, 1.54) is 0 Å². The van der Waals surface area contributed by atoms with Gasteiger partial charge in [-0.3, -0.25) is 4.90 Å². The third-order valence-electron chi connectivity index (χ3n) is 4.45. The number of piperazine rings is 1. The Kier molecular flexibility index (Phi) is 2.23. The lowest BCUT2D eigenvalue weighted by Gasteiger charge is -2.32. The highest BCUT2D eigenvalue weighted by Gasteiger charge is 2.42. The van der Waals surface area contributed by atoms with Crippen molar-refractivity contribution in [1.29, 1.82) is 0 Å². The molecule has 4 rings (SSSR count). The first-order valence-corrected chi connectivity index (χ1v) is 6.72. The topological polar surface area (TPSA) is 36.7 Å². The van der Waals surface area contributed by atoms with E-state index in [1.54, 1.807) is 0 Å². The lowest BCUT2D eigenvalue weighted by Crippen LogP contribution is -2.45. The largest absolute Gasteiger partial charge is 0.421 e. The van der Waals surface area contributed by atoms with E-state index in [1.807, 2.05) is 30.3 Å². The van der Waals surface area contributed by atoms with Gasteiger partial charge in [-0.2, -0.15) is 0 Å². The molecule has 2 saturated heterocycles. The first-order chi connectivity index (χ1) is 9.22. The van der Waals surface area contributed by atoms with Crippen LogP contribution < -0.4 is 10.5 Å². The Morgan fingerprint density at radius 1 is 1.21 bits per heavy atom. The molecule has 2 atom stereocenters. The third kappa shape index (κ3) is 1.60. The van der Waals surface area contributed by atoms with Crippen molar-refractivity contribution in [2.24, 2.45) is 0 Å². The van der Waals surface area contributed by atoms with Gasteiger partial charge in [0.15, 0.2) is 0 Å². The van der Waals surface area contributed by atoms with Crippen LogP contribution in [0.25, 0.3) is 11.0 Å². The predicted molar refractivity (Wildman–Crippen MR) is 74.7 cm³/mol. The average Bonchev–Trinajstić information content (AvgIpc) is 2.96. The second-order valence-corrected chi connectivity index (χ2v) is 5.59. The minimum absolute atomic E-state index is 0.214. The number of para-hydroxylation sites is 1. The summed E-state index contributed by atoms with van der Waals surface area (Å²) in [5.74, 6) is 0. The second-order valence-electron chi connectivity index (χ2n) is 5.59. The summed E-state index contributed by atoms with van der Waals surface area (Å²) in [6.07, 6.45) is 1.16. The fourth-order valence-electron chi connectivity index (χ4n) is 3.41. The van der Waals surface area contributed by atoms with Crippen LogP contribution in [-0.2, 0) is 0 Å². The van der Waals surface area contributed by atoms with Gasteiger partial charge in [0.25, 0.3) is 0 Å². The molecule has 0 spiro atoms. The second kappa shape index (κ2) is 3.84. The molecule has 0 saturated carbocycles. The fraction of sp³-hybridized carbons (Fsp3) is 0.400. The number of anilines is 1. The van der Waals surface area contributed by atoms with Gasteiger partial charge < -0.3 is 9.32 Å². The van der Waals surface area contributed by atoms with Crippen LogP contribution in [0.3, 0.4) is 0 Å². The molecule has 0 N–H and O–H groups in total. The molecule has 2 fully saturated rings. The van der Waals surface area contributed by atoms with Crippen molar-refractivity contribution in [2.45, 2.75) is 18.5 Å². The summed E-state index contributed by atoms with van der Waals surface area (Å²) in [5, 5.41) is 0.994. The van der Waals surface area contributed by atoms with E-state index >= 15 is 0 Å². The molecule has 1 aromatic carbocycles. The number of likely N-dealkylation sites (N-methyl/N-ethyl adjacent to an activating group) is 1. The predicted octanol–water partition coefficient (Wildman–Crippen LogP) is 1.69. The molecule has 4 nitrogen and oxygen atoms in total. The Balaban J connectivity index is 1.80. The van der Waals surface area contributed by atoms with E-state index in [9.17, 15) is 4.79 Å². The lowest BCUT2D eigenvalue weighted by atomic mass is 10.2. The maximum Gasteiger partial charge on any atom is 0.360 e. The smallest absolute Gasteiger partial charge is 0.360 e. The van der Waals surface area contributed by atoms with E-state index < -0.39 is 0 Å². The zero-order valence-electron chi connectivity index (χ0n) is 10.9. The summed E-state index contributed by atoms with van der Waals surface area (Å²) in [6.45, 7) is 1.97. The quantitative estimate of drug-likeness (QED) is 0.728. The number of hydrogen-bond donors (Lipinski definition) is 0. The highest BCUT2D eigenvalue weighted by molar-refractivity contribution is 5.79. The molecule has 19 heavy (non-hydrogen) atoms. The van der Waals surface area contributed by atoms with Crippen LogP contribution >= 0.6 is 0 Å². The highest BCUT2D eigenvalue weighted by atomic mass is 16.4. The van der Waals surface area contributed by atoms with Crippen molar-refractivity contribution < 1.29 is 4.42 Å². The lowest BCUT2D eigenvalue weighted by molar-refractivity contribution is 0.292. The number of hydrogen-bond acceptors (Lipinski definition) is 4. The van der Waals surface area contributed by atoms with Crippen LogP contribution in [0.2, 0.25) is 0 Å². The number of nitrogens with zero attached hydrogens (tertiary/aromatic N) is 2. The molecule has 3 heterocycles. The first kappa shape index (κ1) is 11.1. The monoisotopic (exact) mass is 256 g/mol. The number of rotatable bonds is 1. The van der Waals surface area contributed by atoms with Gasteiger partial charge >= 0.3 is 5.63 Å². The van der Waals surface area contributed by atoms with E-state index in [0.717, 1.165) is 30.6 Å². The highest BCUT2D eigenvalue weighted by Crippen LogP contribution is 2.33. The molecule has 0 radical (unpaired) electrons. The number of likely N-dealkylation sites (tertiary alicyclic amines) is 1. The Hall–Kier alpha value is -1.81. The molecule has 4 heteroatoms. The molecule has 0 amide bonds. The van der Waals surface area contributed by atoms with E-state index in [2.05, 4.69) is 16.8 Å². The van der Waals surface area contributed by atoms with Crippen LogP contribution in [0.15, 0.2) is 39.5 Å². The summed E-state index contributed by atoms with van der Waals surface area (Å²) in [7, 11) is 2.16.